The third-order valence-electron chi connectivity index (χ3n) is 3.65. The SMILES string of the molecule is CC(C)Oc1cccc(N(C)CC(=O)N2CCCC2)c1N. The lowest BCUT2D eigenvalue weighted by molar-refractivity contribution is -0.128. The number of likely N-dealkylation sites (N-methyl/N-ethyl adjacent to an activating group) is 1. The zero-order valence-corrected chi connectivity index (χ0v) is 13.1. The molecule has 0 saturated carbocycles. The lowest BCUT2D eigenvalue weighted by Crippen LogP contribution is -2.37. The molecular weight excluding hydrogens is 266 g/mol. The van der Waals surface area contributed by atoms with Crippen LogP contribution in [0.5, 0.6) is 5.75 Å². The molecule has 2 N–H and O–H groups in total. The summed E-state index contributed by atoms with van der Waals surface area (Å²) in [6.45, 7) is 6.02. The molecule has 0 aromatic heterocycles. The first-order valence-corrected chi connectivity index (χ1v) is 7.53. The number of nitrogens with two attached hydrogens (primary N) is 1. The van der Waals surface area contributed by atoms with Crippen LogP contribution in [-0.4, -0.2) is 43.6 Å². The molecule has 0 bridgehead atoms. The Morgan fingerprint density at radius 1 is 1.38 bits per heavy atom. The molecule has 5 heteroatoms. The molecule has 2 rings (SSSR count). The van der Waals surface area contributed by atoms with Gasteiger partial charge in [0.15, 0.2) is 0 Å². The Morgan fingerprint density at radius 3 is 2.67 bits per heavy atom. The first kappa shape index (κ1) is 15.5. The van der Waals surface area contributed by atoms with Crippen molar-refractivity contribution in [2.75, 3.05) is 37.3 Å². The number of ether oxygens (including phenoxy) is 1. The maximum absolute atomic E-state index is 12.2. The predicted octanol–water partition coefficient (Wildman–Crippen LogP) is 2.11. The van der Waals surface area contributed by atoms with Gasteiger partial charge in [0.2, 0.25) is 5.91 Å². The van der Waals surface area contributed by atoms with E-state index in [0.29, 0.717) is 18.0 Å². The number of amides is 1. The summed E-state index contributed by atoms with van der Waals surface area (Å²) in [5.41, 5.74) is 7.59. The van der Waals surface area contributed by atoms with Gasteiger partial charge in [0.1, 0.15) is 5.75 Å². The maximum atomic E-state index is 12.2. The number of hydrogen-bond donors (Lipinski definition) is 1. The van der Waals surface area contributed by atoms with Crippen LogP contribution in [0.3, 0.4) is 0 Å². The molecule has 1 aromatic rings. The van der Waals surface area contributed by atoms with Crippen LogP contribution in [0.2, 0.25) is 0 Å². The van der Waals surface area contributed by atoms with Crippen LogP contribution in [0.1, 0.15) is 26.7 Å². The van der Waals surface area contributed by atoms with E-state index in [-0.39, 0.29) is 12.0 Å². The summed E-state index contributed by atoms with van der Waals surface area (Å²) < 4.78 is 5.69. The molecule has 5 nitrogen and oxygen atoms in total. The Labute approximate surface area is 126 Å². The number of likely N-dealkylation sites (tertiary alicyclic amines) is 1. The Morgan fingerprint density at radius 2 is 2.05 bits per heavy atom. The largest absolute Gasteiger partial charge is 0.489 e. The van der Waals surface area contributed by atoms with Gasteiger partial charge < -0.3 is 20.3 Å². The Bertz CT molecular complexity index is 496. The number of hydrogen-bond acceptors (Lipinski definition) is 4. The van der Waals surface area contributed by atoms with E-state index >= 15 is 0 Å². The second-order valence-corrected chi connectivity index (χ2v) is 5.80. The van der Waals surface area contributed by atoms with Crippen molar-refractivity contribution < 1.29 is 9.53 Å². The van der Waals surface area contributed by atoms with Gasteiger partial charge in [-0.1, -0.05) is 6.07 Å². The zero-order chi connectivity index (χ0) is 15.4. The number of para-hydroxylation sites is 1. The van der Waals surface area contributed by atoms with E-state index < -0.39 is 0 Å². The fraction of sp³-hybridized carbons (Fsp3) is 0.562. The first-order chi connectivity index (χ1) is 9.99. The molecular formula is C16H25N3O2. The van der Waals surface area contributed by atoms with Crippen LogP contribution < -0.4 is 15.4 Å². The second-order valence-electron chi connectivity index (χ2n) is 5.80. The summed E-state index contributed by atoms with van der Waals surface area (Å²) >= 11 is 0. The highest BCUT2D eigenvalue weighted by molar-refractivity contribution is 5.84. The van der Waals surface area contributed by atoms with E-state index in [0.717, 1.165) is 31.6 Å². The van der Waals surface area contributed by atoms with Crippen LogP contribution in [-0.2, 0) is 4.79 Å². The van der Waals surface area contributed by atoms with E-state index in [1.807, 2.05) is 48.9 Å². The van der Waals surface area contributed by atoms with Gasteiger partial charge in [0.25, 0.3) is 0 Å². The number of benzene rings is 1. The van der Waals surface area contributed by atoms with Crippen molar-refractivity contribution in [2.45, 2.75) is 32.8 Å². The molecule has 0 unspecified atom stereocenters. The Kier molecular flexibility index (Phi) is 4.94. The normalized spacial score (nSPS) is 14.6. The van der Waals surface area contributed by atoms with Crippen LogP contribution in [0.4, 0.5) is 11.4 Å². The van der Waals surface area contributed by atoms with Gasteiger partial charge in [-0.05, 0) is 38.8 Å². The predicted molar refractivity (Wildman–Crippen MR) is 85.7 cm³/mol. The number of nitrogen functional groups attached to an aromatic ring is 1. The average Bonchev–Trinajstić information content (AvgIpc) is 2.94. The Balaban J connectivity index is 2.07. The minimum atomic E-state index is 0.0686. The highest BCUT2D eigenvalue weighted by atomic mass is 16.5. The van der Waals surface area contributed by atoms with Crippen molar-refractivity contribution in [3.8, 4) is 5.75 Å². The first-order valence-electron chi connectivity index (χ1n) is 7.53. The monoisotopic (exact) mass is 291 g/mol. The second kappa shape index (κ2) is 6.70. The van der Waals surface area contributed by atoms with Crippen molar-refractivity contribution in [2.24, 2.45) is 0 Å². The van der Waals surface area contributed by atoms with Gasteiger partial charge in [-0.2, -0.15) is 0 Å². The van der Waals surface area contributed by atoms with Crippen LogP contribution in [0.25, 0.3) is 0 Å². The molecule has 1 aliphatic rings. The number of anilines is 2. The smallest absolute Gasteiger partial charge is 0.242 e. The maximum Gasteiger partial charge on any atom is 0.242 e. The summed E-state index contributed by atoms with van der Waals surface area (Å²) in [5.74, 6) is 0.826. The van der Waals surface area contributed by atoms with E-state index in [1.54, 1.807) is 0 Å². The van der Waals surface area contributed by atoms with Crippen molar-refractivity contribution >= 4 is 17.3 Å². The molecule has 1 fully saturated rings. The van der Waals surface area contributed by atoms with E-state index in [4.69, 9.17) is 10.5 Å². The van der Waals surface area contributed by atoms with Crippen molar-refractivity contribution in [3.63, 3.8) is 0 Å². The standard InChI is InChI=1S/C16H25N3O2/c1-12(2)21-14-8-6-7-13(16(14)17)18(3)11-15(20)19-9-4-5-10-19/h6-8,12H,4-5,9-11,17H2,1-3H3. The van der Waals surface area contributed by atoms with Gasteiger partial charge in [0.05, 0.1) is 24.0 Å². The molecule has 0 atom stereocenters. The fourth-order valence-corrected chi connectivity index (χ4v) is 2.58. The minimum absolute atomic E-state index is 0.0686. The number of carbonyl (C=O) groups is 1. The van der Waals surface area contributed by atoms with Crippen LogP contribution in [0.15, 0.2) is 18.2 Å². The minimum Gasteiger partial charge on any atom is -0.489 e. The van der Waals surface area contributed by atoms with Crippen molar-refractivity contribution in [1.29, 1.82) is 0 Å². The lowest BCUT2D eigenvalue weighted by atomic mass is 10.2. The fourth-order valence-electron chi connectivity index (χ4n) is 2.58. The molecule has 116 valence electrons. The molecule has 21 heavy (non-hydrogen) atoms. The highest BCUT2D eigenvalue weighted by Gasteiger charge is 2.20. The molecule has 1 aliphatic heterocycles. The van der Waals surface area contributed by atoms with Crippen LogP contribution >= 0.6 is 0 Å². The molecule has 1 amide bonds. The third kappa shape index (κ3) is 3.80. The van der Waals surface area contributed by atoms with Crippen LogP contribution in [0, 0.1) is 0 Å². The number of carbonyl (C=O) groups excluding carboxylic acids is 1. The third-order valence-corrected chi connectivity index (χ3v) is 3.65. The topological polar surface area (TPSA) is 58.8 Å². The molecule has 1 aromatic carbocycles. The number of rotatable bonds is 5. The van der Waals surface area contributed by atoms with Gasteiger partial charge in [-0.15, -0.1) is 0 Å². The van der Waals surface area contributed by atoms with Gasteiger partial charge in [-0.25, -0.2) is 0 Å². The van der Waals surface area contributed by atoms with E-state index in [9.17, 15) is 4.79 Å². The molecule has 0 aliphatic carbocycles. The summed E-state index contributed by atoms with van der Waals surface area (Å²) in [6, 6.07) is 5.68. The summed E-state index contributed by atoms with van der Waals surface area (Å²) in [7, 11) is 1.89. The van der Waals surface area contributed by atoms with E-state index in [1.165, 1.54) is 0 Å². The zero-order valence-electron chi connectivity index (χ0n) is 13.1. The van der Waals surface area contributed by atoms with Gasteiger partial charge in [0, 0.05) is 20.1 Å². The Hall–Kier alpha value is -1.91. The summed E-state index contributed by atoms with van der Waals surface area (Å²) in [5, 5.41) is 0. The van der Waals surface area contributed by atoms with Crippen molar-refractivity contribution in [1.82, 2.24) is 4.90 Å². The lowest BCUT2D eigenvalue weighted by Gasteiger charge is -2.25. The molecule has 1 saturated heterocycles. The summed E-state index contributed by atoms with van der Waals surface area (Å²) in [6.07, 6.45) is 2.28. The average molecular weight is 291 g/mol. The van der Waals surface area contributed by atoms with Gasteiger partial charge >= 0.3 is 0 Å². The quantitative estimate of drug-likeness (QED) is 0.844. The number of nitrogens with zero attached hydrogens (tertiary/aromatic N) is 2. The van der Waals surface area contributed by atoms with E-state index in [2.05, 4.69) is 0 Å². The molecule has 0 radical (unpaired) electrons. The van der Waals surface area contributed by atoms with Crippen molar-refractivity contribution in [3.05, 3.63) is 18.2 Å². The summed E-state index contributed by atoms with van der Waals surface area (Å²) in [4.78, 5) is 16.0. The van der Waals surface area contributed by atoms with Gasteiger partial charge in [-0.3, -0.25) is 4.79 Å². The highest BCUT2D eigenvalue weighted by Crippen LogP contribution is 2.32. The molecule has 0 spiro atoms. The molecule has 1 heterocycles.